The molecule has 240 valence electrons. The Morgan fingerprint density at radius 3 is 2.49 bits per heavy atom. The van der Waals surface area contributed by atoms with Crippen molar-refractivity contribution in [3.05, 3.63) is 132 Å². The molecule has 0 radical (unpaired) electrons. The Kier molecular flexibility index (Phi) is 9.47. The number of rotatable bonds is 10. The highest BCUT2D eigenvalue weighted by molar-refractivity contribution is 7.07. The van der Waals surface area contributed by atoms with Crippen molar-refractivity contribution < 1.29 is 23.7 Å². The molecular formula is C37H33ClN2O6S. The molecule has 1 atom stereocenters. The maximum atomic E-state index is 14.3. The Bertz CT molecular complexity index is 2200. The van der Waals surface area contributed by atoms with Crippen molar-refractivity contribution in [2.24, 2.45) is 4.99 Å². The number of carbonyl (C=O) groups is 1. The number of fused-ring (bicyclic) bond motifs is 2. The van der Waals surface area contributed by atoms with E-state index in [9.17, 15) is 9.59 Å². The van der Waals surface area contributed by atoms with E-state index in [1.54, 1.807) is 31.6 Å². The monoisotopic (exact) mass is 668 g/mol. The molecule has 0 fully saturated rings. The normalized spacial score (nSPS) is 14.5. The van der Waals surface area contributed by atoms with Crippen molar-refractivity contribution in [1.82, 2.24) is 4.57 Å². The van der Waals surface area contributed by atoms with Gasteiger partial charge in [0, 0.05) is 16.1 Å². The average Bonchev–Trinajstić information content (AvgIpc) is 3.37. The zero-order valence-corrected chi connectivity index (χ0v) is 28.0. The second-order valence-corrected chi connectivity index (χ2v) is 12.1. The number of nitrogens with zero attached hydrogens (tertiary/aromatic N) is 2. The molecule has 1 aromatic heterocycles. The van der Waals surface area contributed by atoms with E-state index in [0.717, 1.165) is 21.9 Å². The van der Waals surface area contributed by atoms with E-state index in [-0.39, 0.29) is 18.8 Å². The first-order valence-electron chi connectivity index (χ1n) is 15.2. The highest BCUT2D eigenvalue weighted by Gasteiger charge is 2.36. The number of esters is 1. The molecule has 0 saturated heterocycles. The summed E-state index contributed by atoms with van der Waals surface area (Å²) in [6, 6.07) is 23.8. The smallest absolute Gasteiger partial charge is 0.338 e. The second-order valence-electron chi connectivity index (χ2n) is 10.7. The summed E-state index contributed by atoms with van der Waals surface area (Å²) in [5, 5.41) is 2.43. The zero-order chi connectivity index (χ0) is 33.1. The van der Waals surface area contributed by atoms with Crippen LogP contribution in [0.5, 0.6) is 17.2 Å². The van der Waals surface area contributed by atoms with Crippen LogP contribution in [-0.4, -0.2) is 30.9 Å². The van der Waals surface area contributed by atoms with Crippen LogP contribution < -0.4 is 29.1 Å². The fourth-order valence-electron chi connectivity index (χ4n) is 5.72. The van der Waals surface area contributed by atoms with Crippen LogP contribution in [-0.2, 0) is 16.1 Å². The molecule has 2 heterocycles. The van der Waals surface area contributed by atoms with Crippen LogP contribution >= 0.6 is 22.9 Å². The molecule has 0 saturated carbocycles. The Labute approximate surface area is 280 Å². The molecule has 0 spiro atoms. The topological polar surface area (TPSA) is 88.4 Å². The van der Waals surface area contributed by atoms with Crippen molar-refractivity contribution in [1.29, 1.82) is 0 Å². The molecule has 10 heteroatoms. The number of halogens is 1. The highest BCUT2D eigenvalue weighted by atomic mass is 35.5. The molecule has 0 aliphatic carbocycles. The molecular weight excluding hydrogens is 636 g/mol. The third-order valence-electron chi connectivity index (χ3n) is 7.85. The van der Waals surface area contributed by atoms with Gasteiger partial charge in [0.1, 0.15) is 18.4 Å². The van der Waals surface area contributed by atoms with Gasteiger partial charge in [-0.05, 0) is 67.4 Å². The molecule has 0 N–H and O–H groups in total. The van der Waals surface area contributed by atoms with E-state index in [1.165, 1.54) is 11.3 Å². The quantitative estimate of drug-likeness (QED) is 0.156. The lowest BCUT2D eigenvalue weighted by molar-refractivity contribution is -0.139. The maximum Gasteiger partial charge on any atom is 0.338 e. The summed E-state index contributed by atoms with van der Waals surface area (Å²) >= 11 is 7.57. The third kappa shape index (κ3) is 6.28. The van der Waals surface area contributed by atoms with Crippen molar-refractivity contribution >= 4 is 45.8 Å². The molecule has 0 unspecified atom stereocenters. The van der Waals surface area contributed by atoms with Crippen molar-refractivity contribution in [2.45, 2.75) is 33.4 Å². The number of allylic oxidation sites excluding steroid dienone is 1. The van der Waals surface area contributed by atoms with Gasteiger partial charge in [0.05, 0.1) is 36.1 Å². The first-order valence-corrected chi connectivity index (χ1v) is 16.4. The molecule has 1 aliphatic heterocycles. The second kappa shape index (κ2) is 13.9. The lowest BCUT2D eigenvalue weighted by Crippen LogP contribution is -2.40. The van der Waals surface area contributed by atoms with Gasteiger partial charge in [-0.3, -0.25) is 9.36 Å². The van der Waals surface area contributed by atoms with Crippen LogP contribution in [0.3, 0.4) is 0 Å². The summed E-state index contributed by atoms with van der Waals surface area (Å²) in [6.45, 7) is 6.30. The lowest BCUT2D eigenvalue weighted by Gasteiger charge is -2.27. The van der Waals surface area contributed by atoms with Gasteiger partial charge in [0.15, 0.2) is 16.3 Å². The SMILES string of the molecule is CCOC(=O)C1=C(C)N=c2s/c(=C/c3ccc(OCc4ccccc4Cl)c(OCC)c3)c(=O)n2[C@@H]1c1c(OC)ccc2ccccc12. The number of hydrogen-bond acceptors (Lipinski definition) is 8. The Morgan fingerprint density at radius 2 is 1.72 bits per heavy atom. The third-order valence-corrected chi connectivity index (χ3v) is 9.20. The predicted octanol–water partition coefficient (Wildman–Crippen LogP) is 6.59. The van der Waals surface area contributed by atoms with E-state index in [1.807, 2.05) is 85.8 Å². The summed E-state index contributed by atoms with van der Waals surface area (Å²) in [7, 11) is 1.58. The average molecular weight is 669 g/mol. The van der Waals surface area contributed by atoms with Gasteiger partial charge in [0.25, 0.3) is 5.56 Å². The minimum absolute atomic E-state index is 0.180. The van der Waals surface area contributed by atoms with E-state index in [4.69, 9.17) is 35.5 Å². The predicted molar refractivity (Wildman–Crippen MR) is 184 cm³/mol. The van der Waals surface area contributed by atoms with Crippen molar-refractivity contribution in [3.63, 3.8) is 0 Å². The van der Waals surface area contributed by atoms with Crippen LogP contribution in [0.25, 0.3) is 16.8 Å². The van der Waals surface area contributed by atoms with E-state index in [2.05, 4.69) is 0 Å². The molecule has 1 aliphatic rings. The fourth-order valence-corrected chi connectivity index (χ4v) is 6.96. The number of carbonyl (C=O) groups excluding carboxylic acids is 1. The van der Waals surface area contributed by atoms with Crippen molar-refractivity contribution in [3.8, 4) is 17.2 Å². The van der Waals surface area contributed by atoms with Gasteiger partial charge in [0.2, 0.25) is 0 Å². The lowest BCUT2D eigenvalue weighted by atomic mass is 9.90. The van der Waals surface area contributed by atoms with Crippen LogP contribution in [0.4, 0.5) is 0 Å². The van der Waals surface area contributed by atoms with Gasteiger partial charge in [-0.1, -0.05) is 77.5 Å². The van der Waals surface area contributed by atoms with Gasteiger partial charge in [-0.25, -0.2) is 9.79 Å². The van der Waals surface area contributed by atoms with Crippen LogP contribution in [0.2, 0.25) is 5.02 Å². The molecule has 4 aromatic carbocycles. The number of hydrogen-bond donors (Lipinski definition) is 0. The maximum absolute atomic E-state index is 14.3. The number of benzene rings is 4. The molecule has 5 aromatic rings. The number of ether oxygens (including phenoxy) is 4. The summed E-state index contributed by atoms with van der Waals surface area (Å²) in [4.78, 5) is 33.0. The number of aromatic nitrogens is 1. The van der Waals surface area contributed by atoms with Gasteiger partial charge < -0.3 is 18.9 Å². The van der Waals surface area contributed by atoms with Crippen LogP contribution in [0.1, 0.15) is 43.5 Å². The summed E-state index contributed by atoms with van der Waals surface area (Å²) in [5.41, 5.74) is 2.77. The Morgan fingerprint density at radius 1 is 0.957 bits per heavy atom. The molecule has 47 heavy (non-hydrogen) atoms. The molecule has 8 nitrogen and oxygen atoms in total. The Balaban J connectivity index is 1.48. The van der Waals surface area contributed by atoms with Crippen LogP contribution in [0.15, 0.2) is 99.9 Å². The zero-order valence-electron chi connectivity index (χ0n) is 26.4. The summed E-state index contributed by atoms with van der Waals surface area (Å²) in [6.07, 6.45) is 1.80. The number of thiazole rings is 1. The summed E-state index contributed by atoms with van der Waals surface area (Å²) < 4.78 is 25.3. The van der Waals surface area contributed by atoms with Crippen molar-refractivity contribution in [2.75, 3.05) is 20.3 Å². The number of methoxy groups -OCH3 is 1. The largest absolute Gasteiger partial charge is 0.496 e. The van der Waals surface area contributed by atoms with E-state index < -0.39 is 12.0 Å². The first-order chi connectivity index (χ1) is 22.8. The standard InChI is InChI=1S/C37H33ClN2O6S/c1-5-44-30-19-23(15-17-28(30)46-21-25-12-8-10-14-27(25)38)20-31-35(41)40-34(32(36(42)45-6-2)22(3)39-37(40)47-31)33-26-13-9-7-11-24(26)16-18-29(33)43-4/h7-20,34H,5-6,21H2,1-4H3/b31-20+/t34-/m0/s1. The minimum Gasteiger partial charge on any atom is -0.496 e. The van der Waals surface area contributed by atoms with E-state index in [0.29, 0.717) is 55.0 Å². The van der Waals surface area contributed by atoms with E-state index >= 15 is 0 Å². The van der Waals surface area contributed by atoms with Gasteiger partial charge in [-0.2, -0.15) is 0 Å². The van der Waals surface area contributed by atoms with Crippen LogP contribution in [0, 0.1) is 0 Å². The minimum atomic E-state index is -0.826. The van der Waals surface area contributed by atoms with Gasteiger partial charge in [-0.15, -0.1) is 0 Å². The molecule has 0 amide bonds. The molecule has 0 bridgehead atoms. The molecule has 6 rings (SSSR count). The summed E-state index contributed by atoms with van der Waals surface area (Å²) in [5.74, 6) is 1.12. The fraction of sp³-hybridized carbons (Fsp3) is 0.216. The highest BCUT2D eigenvalue weighted by Crippen LogP contribution is 2.40. The first kappa shape index (κ1) is 32.1. The Hall–Kier alpha value is -4.86. The van der Waals surface area contributed by atoms with Gasteiger partial charge >= 0.3 is 5.97 Å².